The zero-order chi connectivity index (χ0) is 11.4. The third-order valence-corrected chi connectivity index (χ3v) is 1.82. The Kier molecular flexibility index (Phi) is 3.22. The fourth-order valence-electron chi connectivity index (χ4n) is 1.23. The van der Waals surface area contributed by atoms with E-state index in [9.17, 15) is 14.9 Å². The molecule has 0 bridgehead atoms. The molecule has 1 aromatic rings. The molecule has 0 atom stereocenters. The molecule has 1 aromatic carbocycles. The van der Waals surface area contributed by atoms with E-state index >= 15 is 0 Å². The summed E-state index contributed by atoms with van der Waals surface area (Å²) in [6.45, 7) is 2.16. The van der Waals surface area contributed by atoms with Crippen molar-refractivity contribution in [3.05, 3.63) is 33.9 Å². The number of carboxylic acids is 1. The highest BCUT2D eigenvalue weighted by atomic mass is 16.6. The third kappa shape index (κ3) is 2.22. The second-order valence-corrected chi connectivity index (χ2v) is 2.79. The molecule has 0 aliphatic carbocycles. The molecule has 0 aliphatic rings. The Morgan fingerprint density at radius 3 is 2.73 bits per heavy atom. The summed E-state index contributed by atoms with van der Waals surface area (Å²) in [5, 5.41) is 22.2. The fourth-order valence-corrected chi connectivity index (χ4v) is 1.23. The first-order chi connectivity index (χ1) is 7.07. The topological polar surface area (TPSA) is 92.5 Å². The molecule has 0 saturated carbocycles. The molecule has 2 N–H and O–H groups in total. The number of hydrogen-bond acceptors (Lipinski definition) is 4. The number of hydrogen-bond donors (Lipinski definition) is 2. The van der Waals surface area contributed by atoms with Gasteiger partial charge in [0.15, 0.2) is 0 Å². The van der Waals surface area contributed by atoms with E-state index in [1.165, 1.54) is 18.2 Å². The zero-order valence-corrected chi connectivity index (χ0v) is 8.06. The number of rotatable bonds is 4. The van der Waals surface area contributed by atoms with Gasteiger partial charge in [-0.3, -0.25) is 10.1 Å². The van der Waals surface area contributed by atoms with Gasteiger partial charge in [-0.05, 0) is 13.0 Å². The van der Waals surface area contributed by atoms with Crippen LogP contribution < -0.4 is 5.32 Å². The van der Waals surface area contributed by atoms with E-state index < -0.39 is 10.9 Å². The Labute approximate surface area is 85.7 Å². The molecule has 0 amide bonds. The molecule has 0 fully saturated rings. The minimum absolute atomic E-state index is 0.0532. The summed E-state index contributed by atoms with van der Waals surface area (Å²) in [4.78, 5) is 20.8. The van der Waals surface area contributed by atoms with Gasteiger partial charge in [-0.25, -0.2) is 4.79 Å². The van der Waals surface area contributed by atoms with Gasteiger partial charge in [-0.15, -0.1) is 0 Å². The van der Waals surface area contributed by atoms with Crippen LogP contribution in [-0.4, -0.2) is 22.5 Å². The van der Waals surface area contributed by atoms with E-state index in [-0.39, 0.29) is 16.9 Å². The van der Waals surface area contributed by atoms with Crippen LogP contribution in [0.2, 0.25) is 0 Å². The van der Waals surface area contributed by atoms with E-state index in [4.69, 9.17) is 5.11 Å². The van der Waals surface area contributed by atoms with E-state index in [1.54, 1.807) is 6.92 Å². The molecule has 80 valence electrons. The molecule has 1 rings (SSSR count). The van der Waals surface area contributed by atoms with Crippen LogP contribution in [-0.2, 0) is 0 Å². The number of carboxylic acid groups (broad SMARTS) is 1. The average molecular weight is 210 g/mol. The predicted molar refractivity (Wildman–Crippen MR) is 54.2 cm³/mol. The monoisotopic (exact) mass is 210 g/mol. The van der Waals surface area contributed by atoms with Gasteiger partial charge in [0.25, 0.3) is 5.69 Å². The van der Waals surface area contributed by atoms with Crippen molar-refractivity contribution in [2.75, 3.05) is 11.9 Å². The Bertz CT molecular complexity index is 371. The van der Waals surface area contributed by atoms with Crippen molar-refractivity contribution in [2.24, 2.45) is 0 Å². The lowest BCUT2D eigenvalue weighted by atomic mass is 10.1. The normalized spacial score (nSPS) is 9.67. The number of aromatic carboxylic acids is 1. The minimum Gasteiger partial charge on any atom is -0.478 e. The van der Waals surface area contributed by atoms with Crippen LogP contribution in [0.25, 0.3) is 0 Å². The largest absolute Gasteiger partial charge is 0.478 e. The Hall–Kier alpha value is -2.11. The van der Waals surface area contributed by atoms with Crippen LogP contribution in [0, 0.1) is 10.1 Å². The van der Waals surface area contributed by atoms with Crippen LogP contribution in [0.3, 0.4) is 0 Å². The summed E-state index contributed by atoms with van der Waals surface area (Å²) in [7, 11) is 0. The standard InChI is InChI=1S/C9H10N2O4/c1-2-10-8-6(9(12)13)4-3-5-7(8)11(14)15/h3-5,10H,2H2,1H3,(H,12,13). The third-order valence-electron chi connectivity index (χ3n) is 1.82. The quantitative estimate of drug-likeness (QED) is 0.583. The van der Waals surface area contributed by atoms with Crippen LogP contribution >= 0.6 is 0 Å². The first-order valence-corrected chi connectivity index (χ1v) is 4.32. The van der Waals surface area contributed by atoms with Crippen molar-refractivity contribution < 1.29 is 14.8 Å². The van der Waals surface area contributed by atoms with Gasteiger partial charge in [-0.1, -0.05) is 6.07 Å². The van der Waals surface area contributed by atoms with Crippen molar-refractivity contribution in [2.45, 2.75) is 6.92 Å². The number of anilines is 1. The van der Waals surface area contributed by atoms with Crippen LogP contribution in [0.1, 0.15) is 17.3 Å². The van der Waals surface area contributed by atoms with Crippen molar-refractivity contribution in [3.63, 3.8) is 0 Å². The molecule has 6 nitrogen and oxygen atoms in total. The number of nitrogens with zero attached hydrogens (tertiary/aromatic N) is 1. The van der Waals surface area contributed by atoms with Crippen molar-refractivity contribution in [1.82, 2.24) is 0 Å². The van der Waals surface area contributed by atoms with Gasteiger partial charge in [0.05, 0.1) is 10.5 Å². The lowest BCUT2D eigenvalue weighted by molar-refractivity contribution is -0.384. The molecule has 0 radical (unpaired) electrons. The maximum absolute atomic E-state index is 10.8. The molecule has 0 heterocycles. The van der Waals surface area contributed by atoms with Gasteiger partial charge in [0.1, 0.15) is 5.69 Å². The number of para-hydroxylation sites is 1. The Morgan fingerprint density at radius 1 is 1.60 bits per heavy atom. The fraction of sp³-hybridized carbons (Fsp3) is 0.222. The lowest BCUT2D eigenvalue weighted by Crippen LogP contribution is -2.08. The molecule has 0 aromatic heterocycles. The molecular weight excluding hydrogens is 200 g/mol. The first-order valence-electron chi connectivity index (χ1n) is 4.32. The molecule has 0 unspecified atom stereocenters. The highest BCUT2D eigenvalue weighted by molar-refractivity contribution is 5.96. The maximum atomic E-state index is 10.8. The Balaban J connectivity index is 3.34. The molecule has 0 saturated heterocycles. The number of nitro benzene ring substituents is 1. The SMILES string of the molecule is CCNc1c(C(=O)O)cccc1[N+](=O)[O-]. The number of carbonyl (C=O) groups is 1. The summed E-state index contributed by atoms with van der Waals surface area (Å²) < 4.78 is 0. The zero-order valence-electron chi connectivity index (χ0n) is 8.06. The van der Waals surface area contributed by atoms with Crippen LogP contribution in [0.15, 0.2) is 18.2 Å². The van der Waals surface area contributed by atoms with E-state index in [1.807, 2.05) is 0 Å². The lowest BCUT2D eigenvalue weighted by Gasteiger charge is -2.07. The predicted octanol–water partition coefficient (Wildman–Crippen LogP) is 1.72. The number of benzene rings is 1. The summed E-state index contributed by atoms with van der Waals surface area (Å²) in [6.07, 6.45) is 0. The maximum Gasteiger partial charge on any atom is 0.338 e. The highest BCUT2D eigenvalue weighted by Gasteiger charge is 2.20. The second kappa shape index (κ2) is 4.41. The second-order valence-electron chi connectivity index (χ2n) is 2.79. The van der Waals surface area contributed by atoms with Crippen LogP contribution in [0.5, 0.6) is 0 Å². The van der Waals surface area contributed by atoms with Gasteiger partial charge < -0.3 is 10.4 Å². The van der Waals surface area contributed by atoms with Gasteiger partial charge in [0, 0.05) is 12.6 Å². The summed E-state index contributed by atoms with van der Waals surface area (Å²) >= 11 is 0. The Morgan fingerprint density at radius 2 is 2.27 bits per heavy atom. The average Bonchev–Trinajstić information content (AvgIpc) is 2.17. The van der Waals surface area contributed by atoms with Crippen molar-refractivity contribution in [1.29, 1.82) is 0 Å². The minimum atomic E-state index is -1.19. The van der Waals surface area contributed by atoms with E-state index in [0.29, 0.717) is 6.54 Å². The van der Waals surface area contributed by atoms with Gasteiger partial charge >= 0.3 is 5.97 Å². The van der Waals surface area contributed by atoms with Crippen LogP contribution in [0.4, 0.5) is 11.4 Å². The molecule has 6 heteroatoms. The van der Waals surface area contributed by atoms with Crippen molar-refractivity contribution in [3.8, 4) is 0 Å². The number of nitro groups is 1. The molecule has 0 aliphatic heterocycles. The highest BCUT2D eigenvalue weighted by Crippen LogP contribution is 2.27. The first kappa shape index (κ1) is 11.0. The van der Waals surface area contributed by atoms with E-state index in [0.717, 1.165) is 0 Å². The molecule has 15 heavy (non-hydrogen) atoms. The smallest absolute Gasteiger partial charge is 0.338 e. The summed E-state index contributed by atoms with van der Waals surface area (Å²) in [5.74, 6) is -1.19. The number of nitrogens with one attached hydrogen (secondary N) is 1. The van der Waals surface area contributed by atoms with Gasteiger partial charge in [-0.2, -0.15) is 0 Å². The molecule has 0 spiro atoms. The van der Waals surface area contributed by atoms with Crippen molar-refractivity contribution >= 4 is 17.3 Å². The molecular formula is C9H10N2O4. The summed E-state index contributed by atoms with van der Waals surface area (Å²) in [6, 6.07) is 3.94. The van der Waals surface area contributed by atoms with E-state index in [2.05, 4.69) is 5.32 Å². The van der Waals surface area contributed by atoms with Gasteiger partial charge in [0.2, 0.25) is 0 Å². The summed E-state index contributed by atoms with van der Waals surface area (Å²) in [5.41, 5.74) is -0.264.